The quantitative estimate of drug-likeness (QED) is 0.654. The summed E-state index contributed by atoms with van der Waals surface area (Å²) in [6, 6.07) is 8.75. The number of aromatic nitrogens is 2. The summed E-state index contributed by atoms with van der Waals surface area (Å²) in [6.45, 7) is 3.32. The summed E-state index contributed by atoms with van der Waals surface area (Å²) >= 11 is 0. The molecule has 3 N–H and O–H groups in total. The maximum Gasteiger partial charge on any atom is 0.246 e. The number of halogens is 3. The minimum Gasteiger partial charge on any atom is -0.339 e. The summed E-state index contributed by atoms with van der Waals surface area (Å²) in [5.74, 6) is -1.31. The highest BCUT2D eigenvalue weighted by molar-refractivity contribution is 5.87. The molecule has 1 aromatic heterocycles. The molecule has 0 atom stereocenters. The van der Waals surface area contributed by atoms with Gasteiger partial charge in [-0.2, -0.15) is 0 Å². The molecule has 4 rings (SSSR count). The molecule has 3 aromatic rings. The van der Waals surface area contributed by atoms with E-state index in [4.69, 9.17) is 5.73 Å². The highest BCUT2D eigenvalue weighted by Gasteiger charge is 2.30. The van der Waals surface area contributed by atoms with Crippen LogP contribution in [-0.4, -0.2) is 25.9 Å². The monoisotopic (exact) mass is 427 g/mol. The lowest BCUT2D eigenvalue weighted by atomic mass is 10.1. The van der Waals surface area contributed by atoms with Crippen LogP contribution in [0, 0.1) is 17.5 Å². The van der Waals surface area contributed by atoms with Crippen molar-refractivity contribution >= 4 is 23.6 Å². The van der Waals surface area contributed by atoms with E-state index in [1.807, 2.05) is 0 Å². The lowest BCUT2D eigenvalue weighted by Gasteiger charge is -2.28. The Hall–Kier alpha value is -3.59. The Morgan fingerprint density at radius 3 is 2.29 bits per heavy atom. The van der Waals surface area contributed by atoms with E-state index in [-0.39, 0.29) is 23.7 Å². The number of nitrogens with two attached hydrogens (primary N) is 1. The number of amides is 1. The second kappa shape index (κ2) is 7.59. The number of rotatable bonds is 4. The molecule has 0 spiro atoms. The van der Waals surface area contributed by atoms with Crippen LogP contribution in [0.2, 0.25) is 0 Å². The Morgan fingerprint density at radius 2 is 1.68 bits per heavy atom. The van der Waals surface area contributed by atoms with E-state index in [0.717, 1.165) is 6.07 Å². The van der Waals surface area contributed by atoms with Crippen molar-refractivity contribution < 1.29 is 18.0 Å². The molecular weight excluding hydrogens is 407 g/mol. The van der Waals surface area contributed by atoms with Gasteiger partial charge in [-0.25, -0.2) is 18.2 Å². The summed E-state index contributed by atoms with van der Waals surface area (Å²) < 4.78 is 42.7. The molecular formula is C22H20F3N5O. The largest absolute Gasteiger partial charge is 0.339 e. The van der Waals surface area contributed by atoms with E-state index in [2.05, 4.69) is 10.3 Å². The van der Waals surface area contributed by atoms with Crippen LogP contribution in [0.3, 0.4) is 0 Å². The molecule has 9 heteroatoms. The first-order valence-corrected chi connectivity index (χ1v) is 9.50. The van der Waals surface area contributed by atoms with Crippen LogP contribution >= 0.6 is 0 Å². The molecule has 0 bridgehead atoms. The molecule has 0 aliphatic carbocycles. The minimum atomic E-state index is -1.08. The smallest absolute Gasteiger partial charge is 0.246 e. The molecule has 2 aromatic carbocycles. The SMILES string of the molecule is CC(C)(N)C(=O)N1C=Cn2c(nc(-c3cc(F)cc(F)c3)c2Nc2ccc(F)cc2)C1. The molecule has 160 valence electrons. The highest BCUT2D eigenvalue weighted by Crippen LogP contribution is 2.34. The van der Waals surface area contributed by atoms with Gasteiger partial charge in [-0.1, -0.05) is 0 Å². The van der Waals surface area contributed by atoms with E-state index < -0.39 is 23.0 Å². The number of anilines is 2. The Morgan fingerprint density at radius 1 is 1.03 bits per heavy atom. The van der Waals surface area contributed by atoms with Crippen molar-refractivity contribution in [3.05, 3.63) is 71.9 Å². The van der Waals surface area contributed by atoms with Gasteiger partial charge in [-0.3, -0.25) is 9.36 Å². The van der Waals surface area contributed by atoms with E-state index in [1.54, 1.807) is 30.8 Å². The van der Waals surface area contributed by atoms with Crippen LogP contribution < -0.4 is 11.1 Å². The number of carbonyl (C=O) groups is 1. The number of imidazole rings is 1. The first-order chi connectivity index (χ1) is 14.6. The van der Waals surface area contributed by atoms with Crippen molar-refractivity contribution in [2.24, 2.45) is 5.73 Å². The maximum absolute atomic E-state index is 13.9. The van der Waals surface area contributed by atoms with Gasteiger partial charge < -0.3 is 16.0 Å². The fourth-order valence-corrected chi connectivity index (χ4v) is 3.29. The molecule has 0 radical (unpaired) electrons. The van der Waals surface area contributed by atoms with Gasteiger partial charge in [0.15, 0.2) is 0 Å². The number of hydrogen-bond donors (Lipinski definition) is 2. The molecule has 0 fully saturated rings. The van der Waals surface area contributed by atoms with Crippen LogP contribution in [0.1, 0.15) is 19.7 Å². The molecule has 1 aliphatic rings. The number of nitrogens with one attached hydrogen (secondary N) is 1. The van der Waals surface area contributed by atoms with Gasteiger partial charge in [0, 0.05) is 29.7 Å². The average molecular weight is 427 g/mol. The zero-order valence-electron chi connectivity index (χ0n) is 16.9. The van der Waals surface area contributed by atoms with Gasteiger partial charge >= 0.3 is 0 Å². The van der Waals surface area contributed by atoms with Crippen LogP contribution in [0.4, 0.5) is 24.7 Å². The van der Waals surface area contributed by atoms with Gasteiger partial charge in [-0.15, -0.1) is 0 Å². The third kappa shape index (κ3) is 4.17. The van der Waals surface area contributed by atoms with Crippen molar-refractivity contribution in [2.75, 3.05) is 5.32 Å². The van der Waals surface area contributed by atoms with Gasteiger partial charge in [0.2, 0.25) is 5.91 Å². The Labute approximate surface area is 176 Å². The lowest BCUT2D eigenvalue weighted by Crippen LogP contribution is -2.49. The van der Waals surface area contributed by atoms with E-state index >= 15 is 0 Å². The van der Waals surface area contributed by atoms with Gasteiger partial charge in [0.25, 0.3) is 0 Å². The summed E-state index contributed by atoms with van der Waals surface area (Å²) in [6.07, 6.45) is 3.18. The first kappa shape index (κ1) is 20.7. The summed E-state index contributed by atoms with van der Waals surface area (Å²) in [5.41, 5.74) is 5.90. The van der Waals surface area contributed by atoms with Gasteiger partial charge in [0.1, 0.15) is 34.8 Å². The fraction of sp³-hybridized carbons (Fsp3) is 0.182. The summed E-state index contributed by atoms with van der Waals surface area (Å²) in [4.78, 5) is 18.5. The van der Waals surface area contributed by atoms with Crippen LogP contribution in [-0.2, 0) is 11.3 Å². The maximum atomic E-state index is 13.9. The molecule has 0 saturated carbocycles. The van der Waals surface area contributed by atoms with Crippen molar-refractivity contribution in [3.8, 4) is 11.3 Å². The number of nitrogens with zero attached hydrogens (tertiary/aromatic N) is 3. The normalized spacial score (nSPS) is 13.3. The topological polar surface area (TPSA) is 76.2 Å². The highest BCUT2D eigenvalue weighted by atomic mass is 19.1. The zero-order valence-corrected chi connectivity index (χ0v) is 16.9. The van der Waals surface area contributed by atoms with Crippen LogP contribution in [0.15, 0.2) is 48.7 Å². The zero-order chi connectivity index (χ0) is 22.3. The minimum absolute atomic E-state index is 0.117. The van der Waals surface area contributed by atoms with Crippen LogP contribution in [0.5, 0.6) is 0 Å². The van der Waals surface area contributed by atoms with Gasteiger partial charge in [-0.05, 0) is 50.2 Å². The summed E-state index contributed by atoms with van der Waals surface area (Å²) in [5, 5.41) is 3.13. The average Bonchev–Trinajstić information content (AvgIpc) is 3.05. The fourth-order valence-electron chi connectivity index (χ4n) is 3.29. The van der Waals surface area contributed by atoms with Crippen molar-refractivity contribution in [2.45, 2.75) is 25.9 Å². The second-order valence-electron chi connectivity index (χ2n) is 7.84. The van der Waals surface area contributed by atoms with E-state index in [0.29, 0.717) is 17.3 Å². The Balaban J connectivity index is 1.80. The molecule has 1 aliphatic heterocycles. The molecule has 0 unspecified atom stereocenters. The number of carbonyl (C=O) groups excluding carboxylic acids is 1. The Bertz CT molecular complexity index is 1160. The number of benzene rings is 2. The third-order valence-corrected chi connectivity index (χ3v) is 4.75. The van der Waals surface area contributed by atoms with Crippen LogP contribution in [0.25, 0.3) is 17.5 Å². The number of fused-ring (bicyclic) bond motifs is 1. The summed E-state index contributed by atoms with van der Waals surface area (Å²) in [7, 11) is 0. The second-order valence-corrected chi connectivity index (χ2v) is 7.84. The number of hydrogen-bond acceptors (Lipinski definition) is 4. The lowest BCUT2D eigenvalue weighted by molar-refractivity contribution is -0.133. The van der Waals surface area contributed by atoms with Gasteiger partial charge in [0.05, 0.1) is 12.1 Å². The third-order valence-electron chi connectivity index (χ3n) is 4.75. The standard InChI is InChI=1S/C22H20F3N5O/c1-22(2,26)21(31)29-7-8-30-18(12-29)28-19(13-9-15(24)11-16(25)10-13)20(30)27-17-5-3-14(23)4-6-17/h3-11,27H,12,26H2,1-2H3. The molecule has 0 saturated heterocycles. The molecule has 6 nitrogen and oxygen atoms in total. The predicted octanol–water partition coefficient (Wildman–Crippen LogP) is 4.22. The molecule has 1 amide bonds. The van der Waals surface area contributed by atoms with E-state index in [9.17, 15) is 18.0 Å². The molecule has 31 heavy (non-hydrogen) atoms. The first-order valence-electron chi connectivity index (χ1n) is 9.50. The van der Waals surface area contributed by atoms with Crippen molar-refractivity contribution in [1.29, 1.82) is 0 Å². The van der Waals surface area contributed by atoms with Crippen molar-refractivity contribution in [3.63, 3.8) is 0 Å². The van der Waals surface area contributed by atoms with E-state index in [1.165, 1.54) is 41.3 Å². The van der Waals surface area contributed by atoms with Crippen molar-refractivity contribution in [1.82, 2.24) is 14.5 Å². The Kier molecular flexibility index (Phi) is 5.06. The molecule has 2 heterocycles. The predicted molar refractivity (Wildman–Crippen MR) is 111 cm³/mol.